The van der Waals surface area contributed by atoms with Gasteiger partial charge >= 0.3 is 0 Å². The number of rotatable bonds is 4. The van der Waals surface area contributed by atoms with Gasteiger partial charge in [0, 0.05) is 36.2 Å². The minimum absolute atomic E-state index is 0.00347. The standard InChI is InChI=1S/C28H37N7O2/c1-17-16-37-18(2)15-34(17)25-10-7-19-13-21(8-9-22(19)32-25)31-27-26-24(11-12-30-28(26)36)35(33-27)23-6-4-3-5-20(23)14-29/h7-10,13,17-18,20,23-24,26-27,31,33H,3-6,11-12,15-16H2,1-2H3,(H,30,36)/t17-,18-,20+,23-,24?,26?,27?/m0/s1. The zero-order valence-electron chi connectivity index (χ0n) is 21.7. The van der Waals surface area contributed by atoms with Gasteiger partial charge in [-0.2, -0.15) is 5.26 Å². The molecule has 1 aromatic carbocycles. The van der Waals surface area contributed by atoms with Crippen LogP contribution in [-0.4, -0.2) is 66.0 Å². The van der Waals surface area contributed by atoms with Crippen LogP contribution in [0.3, 0.4) is 0 Å². The number of aromatic nitrogens is 1. The second kappa shape index (κ2) is 10.1. The van der Waals surface area contributed by atoms with E-state index in [-0.39, 0.29) is 48.1 Å². The number of fused-ring (bicyclic) bond motifs is 2. The molecule has 9 heteroatoms. The highest BCUT2D eigenvalue weighted by atomic mass is 16.5. The van der Waals surface area contributed by atoms with Crippen LogP contribution >= 0.6 is 0 Å². The molecule has 0 bridgehead atoms. The number of benzene rings is 1. The highest BCUT2D eigenvalue weighted by Crippen LogP contribution is 2.36. The largest absolute Gasteiger partial charge is 0.375 e. The van der Waals surface area contributed by atoms with Gasteiger partial charge in [0.05, 0.1) is 42.2 Å². The van der Waals surface area contributed by atoms with Gasteiger partial charge in [0.1, 0.15) is 12.0 Å². The maximum absolute atomic E-state index is 13.0. The highest BCUT2D eigenvalue weighted by Gasteiger charge is 2.51. The van der Waals surface area contributed by atoms with Gasteiger partial charge in [0.15, 0.2) is 0 Å². The SMILES string of the molecule is C[C@H]1CN(c2ccc3cc(NC4NN([C@H]5CCCC[C@@H]5C#N)C5CCNC(=O)C45)ccc3n2)[C@@H](C)CO1. The van der Waals surface area contributed by atoms with Gasteiger partial charge in [-0.1, -0.05) is 12.8 Å². The first-order valence-electron chi connectivity index (χ1n) is 13.8. The van der Waals surface area contributed by atoms with Crippen LogP contribution in [0.4, 0.5) is 11.5 Å². The second-order valence-corrected chi connectivity index (χ2v) is 11.1. The zero-order chi connectivity index (χ0) is 25.5. The number of morpholine rings is 1. The smallest absolute Gasteiger partial charge is 0.228 e. The quantitative estimate of drug-likeness (QED) is 0.585. The third kappa shape index (κ3) is 4.63. The monoisotopic (exact) mass is 503 g/mol. The van der Waals surface area contributed by atoms with Gasteiger partial charge in [-0.3, -0.25) is 4.79 Å². The van der Waals surface area contributed by atoms with E-state index in [4.69, 9.17) is 9.72 Å². The summed E-state index contributed by atoms with van der Waals surface area (Å²) in [7, 11) is 0. The van der Waals surface area contributed by atoms with Crippen molar-refractivity contribution >= 4 is 28.3 Å². The molecular formula is C28H37N7O2. The Bertz CT molecular complexity index is 1200. The highest BCUT2D eigenvalue weighted by molar-refractivity contribution is 5.85. The van der Waals surface area contributed by atoms with Crippen LogP contribution in [0, 0.1) is 23.2 Å². The van der Waals surface area contributed by atoms with Crippen molar-refractivity contribution in [3.63, 3.8) is 0 Å². The van der Waals surface area contributed by atoms with Crippen molar-refractivity contribution in [2.24, 2.45) is 11.8 Å². The van der Waals surface area contributed by atoms with Crippen LogP contribution in [0.1, 0.15) is 46.0 Å². The number of hydrogen-bond donors (Lipinski definition) is 3. The third-order valence-corrected chi connectivity index (χ3v) is 8.61. The van der Waals surface area contributed by atoms with Crippen LogP contribution < -0.4 is 21.0 Å². The molecule has 0 radical (unpaired) electrons. The van der Waals surface area contributed by atoms with E-state index in [0.717, 1.165) is 61.1 Å². The Labute approximate surface area is 218 Å². The van der Waals surface area contributed by atoms with Crippen LogP contribution in [0.2, 0.25) is 0 Å². The van der Waals surface area contributed by atoms with Gasteiger partial charge in [-0.15, -0.1) is 0 Å². The number of nitrogens with one attached hydrogen (secondary N) is 3. The van der Waals surface area contributed by atoms with E-state index in [9.17, 15) is 10.1 Å². The third-order valence-electron chi connectivity index (χ3n) is 8.61. The molecule has 4 aliphatic rings. The van der Waals surface area contributed by atoms with Gasteiger partial charge < -0.3 is 20.3 Å². The number of carbonyl (C=O) groups excluding carboxylic acids is 1. The number of nitriles is 1. The number of amides is 1. The Hall–Kier alpha value is -2.93. The molecule has 1 aromatic heterocycles. The lowest BCUT2D eigenvalue weighted by Gasteiger charge is -2.39. The molecule has 1 amide bonds. The number of hydrazine groups is 1. The molecule has 3 saturated heterocycles. The van der Waals surface area contributed by atoms with Crippen molar-refractivity contribution in [1.29, 1.82) is 5.26 Å². The van der Waals surface area contributed by atoms with E-state index in [1.54, 1.807) is 0 Å². The van der Waals surface area contributed by atoms with E-state index in [2.05, 4.69) is 64.1 Å². The summed E-state index contributed by atoms with van der Waals surface area (Å²) in [6.45, 7) is 6.49. The van der Waals surface area contributed by atoms with Gasteiger partial charge in [0.25, 0.3) is 0 Å². The van der Waals surface area contributed by atoms with Gasteiger partial charge in [0.2, 0.25) is 5.91 Å². The molecule has 4 fully saturated rings. The number of ether oxygens (including phenoxy) is 1. The molecule has 3 aliphatic heterocycles. The molecule has 7 atom stereocenters. The lowest BCUT2D eigenvalue weighted by Crippen LogP contribution is -2.54. The Balaban J connectivity index is 1.23. The summed E-state index contributed by atoms with van der Waals surface area (Å²) in [6.07, 6.45) is 5.01. The Morgan fingerprint density at radius 3 is 2.86 bits per heavy atom. The normalized spacial score (nSPS) is 34.6. The van der Waals surface area contributed by atoms with Crippen molar-refractivity contribution in [2.45, 2.75) is 76.3 Å². The molecule has 2 aromatic rings. The number of piperidine rings is 1. The van der Waals surface area contributed by atoms with E-state index in [1.165, 1.54) is 0 Å². The molecule has 4 heterocycles. The number of pyridine rings is 1. The predicted octanol–water partition coefficient (Wildman–Crippen LogP) is 2.99. The van der Waals surface area contributed by atoms with Crippen molar-refractivity contribution in [3.05, 3.63) is 30.3 Å². The summed E-state index contributed by atoms with van der Waals surface area (Å²) >= 11 is 0. The molecule has 196 valence electrons. The summed E-state index contributed by atoms with van der Waals surface area (Å²) in [5, 5.41) is 19.8. The minimum atomic E-state index is -0.230. The average Bonchev–Trinajstić information content (AvgIpc) is 3.29. The fourth-order valence-electron chi connectivity index (χ4n) is 6.66. The molecular weight excluding hydrogens is 466 g/mol. The maximum atomic E-state index is 13.0. The molecule has 37 heavy (non-hydrogen) atoms. The van der Waals surface area contributed by atoms with E-state index in [1.807, 2.05) is 12.1 Å². The van der Waals surface area contributed by atoms with Crippen molar-refractivity contribution in [3.8, 4) is 6.07 Å². The molecule has 9 nitrogen and oxygen atoms in total. The summed E-state index contributed by atoms with van der Waals surface area (Å²) in [4.78, 5) is 20.3. The molecule has 3 N–H and O–H groups in total. The lowest BCUT2D eigenvalue weighted by atomic mass is 9.83. The fraction of sp³-hybridized carbons (Fsp3) is 0.607. The van der Waals surface area contributed by atoms with Crippen LogP contribution in [0.5, 0.6) is 0 Å². The summed E-state index contributed by atoms with van der Waals surface area (Å²) < 4.78 is 5.78. The van der Waals surface area contributed by atoms with Crippen molar-refractivity contribution in [2.75, 3.05) is 29.9 Å². The summed E-state index contributed by atoms with van der Waals surface area (Å²) in [5.74, 6) is 0.846. The summed E-state index contributed by atoms with van der Waals surface area (Å²) in [6, 6.07) is 13.5. The van der Waals surface area contributed by atoms with Crippen LogP contribution in [0.15, 0.2) is 30.3 Å². The first-order valence-corrected chi connectivity index (χ1v) is 13.8. The number of nitrogens with zero attached hydrogens (tertiary/aromatic N) is 4. The van der Waals surface area contributed by atoms with Crippen LogP contribution in [-0.2, 0) is 9.53 Å². The number of carbonyl (C=O) groups is 1. The first kappa shape index (κ1) is 24.4. The molecule has 1 saturated carbocycles. The van der Waals surface area contributed by atoms with E-state index < -0.39 is 0 Å². The molecule has 6 rings (SSSR count). The minimum Gasteiger partial charge on any atom is -0.375 e. The predicted molar refractivity (Wildman–Crippen MR) is 143 cm³/mol. The van der Waals surface area contributed by atoms with Gasteiger partial charge in [-0.25, -0.2) is 15.4 Å². The Morgan fingerprint density at radius 1 is 1.14 bits per heavy atom. The topological polar surface area (TPSA) is 106 Å². The summed E-state index contributed by atoms with van der Waals surface area (Å²) in [5.41, 5.74) is 5.53. The second-order valence-electron chi connectivity index (χ2n) is 11.1. The maximum Gasteiger partial charge on any atom is 0.228 e. The number of hydrogen-bond acceptors (Lipinski definition) is 8. The van der Waals surface area contributed by atoms with Gasteiger partial charge in [-0.05, 0) is 63.4 Å². The Morgan fingerprint density at radius 2 is 2.00 bits per heavy atom. The molecule has 3 unspecified atom stereocenters. The van der Waals surface area contributed by atoms with E-state index in [0.29, 0.717) is 13.2 Å². The van der Waals surface area contributed by atoms with E-state index >= 15 is 0 Å². The fourth-order valence-corrected chi connectivity index (χ4v) is 6.66. The first-order chi connectivity index (χ1) is 18.0. The van der Waals surface area contributed by atoms with Crippen molar-refractivity contribution in [1.82, 2.24) is 20.7 Å². The Kier molecular flexibility index (Phi) is 6.65. The number of anilines is 2. The molecule has 0 spiro atoms. The van der Waals surface area contributed by atoms with Crippen LogP contribution in [0.25, 0.3) is 10.9 Å². The lowest BCUT2D eigenvalue weighted by molar-refractivity contribution is -0.128. The zero-order valence-corrected chi connectivity index (χ0v) is 21.7. The average molecular weight is 504 g/mol. The molecule has 1 aliphatic carbocycles. The van der Waals surface area contributed by atoms with Crippen molar-refractivity contribution < 1.29 is 9.53 Å².